The second-order valence-corrected chi connectivity index (χ2v) is 5.63. The maximum Gasteiger partial charge on any atom is 0.308 e. The minimum Gasteiger partial charge on any atom is -0.481 e. The number of rotatable bonds is 4. The average molecular weight is 294 g/mol. The Kier molecular flexibility index (Phi) is 4.57. The van der Waals surface area contributed by atoms with Crippen LogP contribution in [0, 0.1) is 24.6 Å². The number of nitrogens with zero attached hydrogens (tertiary/aromatic N) is 1. The van der Waals surface area contributed by atoms with Gasteiger partial charge in [0.2, 0.25) is 5.91 Å². The molecule has 1 aromatic carbocycles. The van der Waals surface area contributed by atoms with E-state index in [1.165, 1.54) is 6.07 Å². The third-order valence-corrected chi connectivity index (χ3v) is 3.83. The summed E-state index contributed by atoms with van der Waals surface area (Å²) in [5.41, 5.74) is 0.927. The number of carbonyl (C=O) groups excluding carboxylic acids is 1. The van der Waals surface area contributed by atoms with Gasteiger partial charge in [0, 0.05) is 18.8 Å². The van der Waals surface area contributed by atoms with Crippen LogP contribution in [-0.2, 0) is 9.59 Å². The summed E-state index contributed by atoms with van der Waals surface area (Å²) in [5, 5.41) is 11.7. The van der Waals surface area contributed by atoms with Crippen LogP contribution in [0.5, 0.6) is 0 Å². The number of aliphatic carboxylic acids is 1. The van der Waals surface area contributed by atoms with Crippen molar-refractivity contribution in [3.8, 4) is 0 Å². The van der Waals surface area contributed by atoms with Gasteiger partial charge in [-0.05, 0) is 30.5 Å². The van der Waals surface area contributed by atoms with Crippen LogP contribution in [0.1, 0.15) is 12.5 Å². The molecule has 2 N–H and O–H groups in total. The van der Waals surface area contributed by atoms with Gasteiger partial charge < -0.3 is 10.4 Å². The SMILES string of the molecule is Cc1ccc(NC(=O)CN2CC(C)C(C(=O)O)C2)cc1F. The van der Waals surface area contributed by atoms with Gasteiger partial charge in [-0.15, -0.1) is 0 Å². The Hall–Kier alpha value is -1.95. The lowest BCUT2D eigenvalue weighted by atomic mass is 9.99. The van der Waals surface area contributed by atoms with E-state index in [0.29, 0.717) is 24.3 Å². The molecule has 0 radical (unpaired) electrons. The first kappa shape index (κ1) is 15.4. The Bertz CT molecular complexity index is 562. The summed E-state index contributed by atoms with van der Waals surface area (Å²) in [6, 6.07) is 4.52. The molecule has 1 fully saturated rings. The van der Waals surface area contributed by atoms with E-state index in [0.717, 1.165) is 0 Å². The summed E-state index contributed by atoms with van der Waals surface area (Å²) < 4.78 is 13.4. The van der Waals surface area contributed by atoms with Crippen LogP contribution in [-0.4, -0.2) is 41.5 Å². The Morgan fingerprint density at radius 3 is 2.71 bits per heavy atom. The van der Waals surface area contributed by atoms with Crippen LogP contribution < -0.4 is 5.32 Å². The summed E-state index contributed by atoms with van der Waals surface area (Å²) in [7, 11) is 0. The second kappa shape index (κ2) is 6.22. The van der Waals surface area contributed by atoms with Gasteiger partial charge in [0.05, 0.1) is 12.5 Å². The van der Waals surface area contributed by atoms with Gasteiger partial charge in [-0.2, -0.15) is 0 Å². The number of anilines is 1. The largest absolute Gasteiger partial charge is 0.481 e. The van der Waals surface area contributed by atoms with Gasteiger partial charge >= 0.3 is 5.97 Å². The quantitative estimate of drug-likeness (QED) is 0.887. The third-order valence-electron chi connectivity index (χ3n) is 3.83. The van der Waals surface area contributed by atoms with Gasteiger partial charge in [-0.1, -0.05) is 13.0 Å². The van der Waals surface area contributed by atoms with Crippen molar-refractivity contribution in [1.29, 1.82) is 0 Å². The first-order valence-corrected chi connectivity index (χ1v) is 6.88. The molecule has 0 saturated carbocycles. The van der Waals surface area contributed by atoms with Crippen molar-refractivity contribution in [2.75, 3.05) is 25.0 Å². The standard InChI is InChI=1S/C15H19FN2O3/c1-9-3-4-11(5-13(9)16)17-14(19)8-18-6-10(2)12(7-18)15(20)21/h3-5,10,12H,6-8H2,1-2H3,(H,17,19)(H,20,21). The van der Waals surface area contributed by atoms with Crippen molar-refractivity contribution < 1.29 is 19.1 Å². The minimum atomic E-state index is -0.828. The Labute approximate surface area is 122 Å². The lowest BCUT2D eigenvalue weighted by molar-refractivity contribution is -0.142. The van der Waals surface area contributed by atoms with Crippen LogP contribution in [0.25, 0.3) is 0 Å². The van der Waals surface area contributed by atoms with E-state index in [4.69, 9.17) is 5.11 Å². The van der Waals surface area contributed by atoms with E-state index in [1.807, 2.05) is 11.8 Å². The van der Waals surface area contributed by atoms with Gasteiger partial charge in [-0.25, -0.2) is 4.39 Å². The Morgan fingerprint density at radius 1 is 1.43 bits per heavy atom. The molecule has 5 nitrogen and oxygen atoms in total. The molecule has 2 rings (SSSR count). The van der Waals surface area contributed by atoms with Gasteiger partial charge in [0.15, 0.2) is 0 Å². The van der Waals surface area contributed by atoms with Gasteiger partial charge in [-0.3, -0.25) is 14.5 Å². The molecular weight excluding hydrogens is 275 g/mol. The second-order valence-electron chi connectivity index (χ2n) is 5.63. The number of carbonyl (C=O) groups is 2. The van der Waals surface area contributed by atoms with E-state index in [1.54, 1.807) is 19.1 Å². The molecule has 1 aromatic rings. The Morgan fingerprint density at radius 2 is 2.14 bits per heavy atom. The fraction of sp³-hybridized carbons (Fsp3) is 0.467. The third kappa shape index (κ3) is 3.78. The molecule has 6 heteroatoms. The lowest BCUT2D eigenvalue weighted by Crippen LogP contribution is -2.32. The molecular formula is C15H19FN2O3. The zero-order chi connectivity index (χ0) is 15.6. The Balaban J connectivity index is 1.90. The number of benzene rings is 1. The summed E-state index contributed by atoms with van der Waals surface area (Å²) in [6.07, 6.45) is 0. The topological polar surface area (TPSA) is 69.6 Å². The fourth-order valence-electron chi connectivity index (χ4n) is 2.59. The van der Waals surface area contributed by atoms with E-state index >= 15 is 0 Å². The summed E-state index contributed by atoms with van der Waals surface area (Å²) >= 11 is 0. The van der Waals surface area contributed by atoms with Crippen LogP contribution in [0.2, 0.25) is 0 Å². The lowest BCUT2D eigenvalue weighted by Gasteiger charge is -2.15. The summed E-state index contributed by atoms with van der Waals surface area (Å²) in [5.74, 6) is -1.88. The van der Waals surface area contributed by atoms with Gasteiger partial charge in [0.1, 0.15) is 5.82 Å². The zero-order valence-electron chi connectivity index (χ0n) is 12.1. The number of aryl methyl sites for hydroxylation is 1. The van der Waals surface area contributed by atoms with Crippen molar-refractivity contribution in [3.63, 3.8) is 0 Å². The molecule has 2 atom stereocenters. The van der Waals surface area contributed by atoms with Crippen molar-refractivity contribution in [1.82, 2.24) is 4.90 Å². The fourth-order valence-corrected chi connectivity index (χ4v) is 2.59. The van der Waals surface area contributed by atoms with Crippen molar-refractivity contribution in [3.05, 3.63) is 29.6 Å². The number of carboxylic acid groups (broad SMARTS) is 1. The van der Waals surface area contributed by atoms with Crippen LogP contribution in [0.4, 0.5) is 10.1 Å². The van der Waals surface area contributed by atoms with E-state index < -0.39 is 11.9 Å². The molecule has 0 aromatic heterocycles. The summed E-state index contributed by atoms with van der Waals surface area (Å²) in [4.78, 5) is 24.8. The van der Waals surface area contributed by atoms with Gasteiger partial charge in [0.25, 0.3) is 0 Å². The monoisotopic (exact) mass is 294 g/mol. The molecule has 0 bridgehead atoms. The smallest absolute Gasteiger partial charge is 0.308 e. The van der Waals surface area contributed by atoms with E-state index in [-0.39, 0.29) is 24.2 Å². The number of hydrogen-bond acceptors (Lipinski definition) is 3. The highest BCUT2D eigenvalue weighted by Crippen LogP contribution is 2.23. The van der Waals surface area contributed by atoms with Crippen molar-refractivity contribution in [2.24, 2.45) is 11.8 Å². The number of amides is 1. The molecule has 21 heavy (non-hydrogen) atoms. The maximum atomic E-state index is 13.4. The first-order chi connectivity index (χ1) is 9.86. The molecule has 1 aliphatic rings. The molecule has 0 aliphatic carbocycles. The average Bonchev–Trinajstić information content (AvgIpc) is 2.75. The number of nitrogens with one attached hydrogen (secondary N) is 1. The molecule has 1 saturated heterocycles. The number of carboxylic acids is 1. The van der Waals surface area contributed by atoms with Crippen LogP contribution >= 0.6 is 0 Å². The predicted octanol–water partition coefficient (Wildman–Crippen LogP) is 1.73. The number of hydrogen-bond donors (Lipinski definition) is 2. The maximum absolute atomic E-state index is 13.4. The number of likely N-dealkylation sites (tertiary alicyclic amines) is 1. The predicted molar refractivity (Wildman–Crippen MR) is 76.5 cm³/mol. The highest BCUT2D eigenvalue weighted by molar-refractivity contribution is 5.92. The van der Waals surface area contributed by atoms with Crippen LogP contribution in [0.3, 0.4) is 0 Å². The highest BCUT2D eigenvalue weighted by Gasteiger charge is 2.35. The van der Waals surface area contributed by atoms with Crippen molar-refractivity contribution in [2.45, 2.75) is 13.8 Å². The molecule has 0 spiro atoms. The summed E-state index contributed by atoms with van der Waals surface area (Å²) in [6.45, 7) is 4.58. The molecule has 1 aliphatic heterocycles. The van der Waals surface area contributed by atoms with Crippen LogP contribution in [0.15, 0.2) is 18.2 Å². The number of halogens is 1. The normalized spacial score (nSPS) is 22.2. The molecule has 1 amide bonds. The highest BCUT2D eigenvalue weighted by atomic mass is 19.1. The molecule has 2 unspecified atom stereocenters. The minimum absolute atomic E-state index is 0.0205. The molecule has 114 valence electrons. The van der Waals surface area contributed by atoms with E-state index in [9.17, 15) is 14.0 Å². The first-order valence-electron chi connectivity index (χ1n) is 6.88. The molecule has 1 heterocycles. The zero-order valence-corrected chi connectivity index (χ0v) is 12.1. The van der Waals surface area contributed by atoms with E-state index in [2.05, 4.69) is 5.32 Å². The van der Waals surface area contributed by atoms with Crippen molar-refractivity contribution >= 4 is 17.6 Å².